The summed E-state index contributed by atoms with van der Waals surface area (Å²) >= 11 is 0. The molecule has 0 saturated heterocycles. The molecule has 1 rings (SSSR count). The molecule has 0 atom stereocenters. The summed E-state index contributed by atoms with van der Waals surface area (Å²) in [6, 6.07) is 0. The zero-order valence-corrected chi connectivity index (χ0v) is 14.8. The number of methoxy groups -OCH3 is 1. The topological polar surface area (TPSA) is 72.5 Å². The lowest BCUT2D eigenvalue weighted by Crippen LogP contribution is -2.56. The van der Waals surface area contributed by atoms with Gasteiger partial charge >= 0.3 is 5.97 Å². The summed E-state index contributed by atoms with van der Waals surface area (Å²) in [5.41, 5.74) is -1.03. The van der Waals surface area contributed by atoms with Gasteiger partial charge in [-0.15, -0.1) is 0 Å². The maximum Gasteiger partial charge on any atom is 0.327 e. The Morgan fingerprint density at radius 2 is 1.64 bits per heavy atom. The Hall–Kier alpha value is -0.620. The summed E-state index contributed by atoms with van der Waals surface area (Å²) in [6.45, 7) is 2.16. The first-order valence-corrected chi connectivity index (χ1v) is 10.2. The van der Waals surface area contributed by atoms with E-state index in [2.05, 4.69) is 11.6 Å². The van der Waals surface area contributed by atoms with E-state index in [4.69, 9.17) is 4.74 Å². The number of carbonyl (C=O) groups is 1. The molecule has 22 heavy (non-hydrogen) atoms. The van der Waals surface area contributed by atoms with Crippen molar-refractivity contribution < 1.29 is 17.9 Å². The van der Waals surface area contributed by atoms with Crippen LogP contribution in [0, 0.1) is 0 Å². The van der Waals surface area contributed by atoms with Crippen molar-refractivity contribution in [2.75, 3.05) is 12.9 Å². The minimum atomic E-state index is -3.44. The quantitative estimate of drug-likeness (QED) is 0.492. The molecule has 6 heteroatoms. The van der Waals surface area contributed by atoms with E-state index in [0.29, 0.717) is 19.3 Å². The van der Waals surface area contributed by atoms with Gasteiger partial charge in [0.15, 0.2) is 0 Å². The normalized spacial score (nSPS) is 18.1. The van der Waals surface area contributed by atoms with Crippen LogP contribution in [0.1, 0.15) is 77.6 Å². The Labute approximate surface area is 135 Å². The van der Waals surface area contributed by atoms with Crippen molar-refractivity contribution in [1.82, 2.24) is 4.72 Å². The second kappa shape index (κ2) is 9.50. The number of sulfonamides is 1. The largest absolute Gasteiger partial charge is 0.468 e. The van der Waals surface area contributed by atoms with Crippen molar-refractivity contribution >= 4 is 16.0 Å². The third-order valence-electron chi connectivity index (χ3n) is 4.40. The van der Waals surface area contributed by atoms with E-state index in [0.717, 1.165) is 38.5 Å². The van der Waals surface area contributed by atoms with Crippen molar-refractivity contribution in [3.63, 3.8) is 0 Å². The molecule has 0 amide bonds. The minimum absolute atomic E-state index is 0.0951. The Bertz CT molecular complexity index is 427. The van der Waals surface area contributed by atoms with Gasteiger partial charge < -0.3 is 4.74 Å². The van der Waals surface area contributed by atoms with Crippen LogP contribution in [0.25, 0.3) is 0 Å². The van der Waals surface area contributed by atoms with Crippen LogP contribution in [-0.4, -0.2) is 32.8 Å². The SMILES string of the molecule is CCCCCCCCS(=O)(=O)NC1(C(=O)OC)CCCCC1. The van der Waals surface area contributed by atoms with Gasteiger partial charge in [-0.05, 0) is 19.3 Å². The molecule has 0 unspecified atom stereocenters. The van der Waals surface area contributed by atoms with Gasteiger partial charge in [0.2, 0.25) is 10.0 Å². The molecule has 0 heterocycles. The average Bonchev–Trinajstić information content (AvgIpc) is 2.50. The molecule has 130 valence electrons. The third-order valence-corrected chi connectivity index (χ3v) is 5.93. The van der Waals surface area contributed by atoms with Gasteiger partial charge in [0.1, 0.15) is 5.54 Å². The Morgan fingerprint density at radius 1 is 1.05 bits per heavy atom. The van der Waals surface area contributed by atoms with E-state index < -0.39 is 21.5 Å². The molecular weight excluding hydrogens is 302 g/mol. The first-order chi connectivity index (χ1) is 10.5. The molecule has 0 aromatic heterocycles. The molecule has 0 aliphatic heterocycles. The van der Waals surface area contributed by atoms with Gasteiger partial charge in [-0.25, -0.2) is 8.42 Å². The molecule has 1 N–H and O–H groups in total. The maximum atomic E-state index is 12.3. The van der Waals surface area contributed by atoms with E-state index in [-0.39, 0.29) is 5.75 Å². The van der Waals surface area contributed by atoms with Crippen LogP contribution in [0.3, 0.4) is 0 Å². The number of nitrogens with one attached hydrogen (secondary N) is 1. The average molecular weight is 333 g/mol. The summed E-state index contributed by atoms with van der Waals surface area (Å²) in [4.78, 5) is 12.1. The monoisotopic (exact) mass is 333 g/mol. The Kier molecular flexibility index (Phi) is 8.39. The molecule has 5 nitrogen and oxygen atoms in total. The summed E-state index contributed by atoms with van der Waals surface area (Å²) in [6.07, 6.45) is 10.0. The van der Waals surface area contributed by atoms with Crippen LogP contribution in [-0.2, 0) is 19.6 Å². The van der Waals surface area contributed by atoms with Gasteiger partial charge in [-0.3, -0.25) is 4.79 Å². The second-order valence-electron chi connectivity index (χ2n) is 6.32. The predicted octanol–water partition coefficient (Wildman–Crippen LogP) is 3.14. The summed E-state index contributed by atoms with van der Waals surface area (Å²) in [7, 11) is -2.12. The minimum Gasteiger partial charge on any atom is -0.468 e. The molecule has 0 spiro atoms. The molecule has 1 aliphatic carbocycles. The van der Waals surface area contributed by atoms with Crippen molar-refractivity contribution in [3.8, 4) is 0 Å². The number of ether oxygens (including phenoxy) is 1. The van der Waals surface area contributed by atoms with Crippen LogP contribution >= 0.6 is 0 Å². The van der Waals surface area contributed by atoms with Crippen LogP contribution in [0.5, 0.6) is 0 Å². The van der Waals surface area contributed by atoms with Crippen LogP contribution < -0.4 is 4.72 Å². The van der Waals surface area contributed by atoms with Gasteiger partial charge in [0, 0.05) is 0 Å². The number of esters is 1. The highest BCUT2D eigenvalue weighted by molar-refractivity contribution is 7.89. The highest BCUT2D eigenvalue weighted by Gasteiger charge is 2.43. The number of hydrogen-bond acceptors (Lipinski definition) is 4. The van der Waals surface area contributed by atoms with Gasteiger partial charge in [-0.1, -0.05) is 58.3 Å². The highest BCUT2D eigenvalue weighted by Crippen LogP contribution is 2.30. The van der Waals surface area contributed by atoms with Crippen molar-refractivity contribution in [2.24, 2.45) is 0 Å². The lowest BCUT2D eigenvalue weighted by Gasteiger charge is -2.34. The molecular formula is C16H31NO4S. The fourth-order valence-electron chi connectivity index (χ4n) is 3.12. The summed E-state index contributed by atoms with van der Waals surface area (Å²) in [5, 5.41) is 0. The van der Waals surface area contributed by atoms with Gasteiger partial charge in [-0.2, -0.15) is 4.72 Å². The van der Waals surface area contributed by atoms with Gasteiger partial charge in [0.25, 0.3) is 0 Å². The smallest absolute Gasteiger partial charge is 0.327 e. The zero-order chi connectivity index (χ0) is 16.5. The van der Waals surface area contributed by atoms with Crippen LogP contribution in [0.4, 0.5) is 0 Å². The number of unbranched alkanes of at least 4 members (excludes halogenated alkanes) is 5. The second-order valence-corrected chi connectivity index (χ2v) is 8.16. The number of rotatable bonds is 10. The fourth-order valence-corrected chi connectivity index (χ4v) is 4.69. The van der Waals surface area contributed by atoms with Crippen LogP contribution in [0.15, 0.2) is 0 Å². The van der Waals surface area contributed by atoms with E-state index in [9.17, 15) is 13.2 Å². The predicted molar refractivity (Wildman–Crippen MR) is 88.1 cm³/mol. The van der Waals surface area contributed by atoms with Crippen LogP contribution in [0.2, 0.25) is 0 Å². The lowest BCUT2D eigenvalue weighted by atomic mass is 9.83. The van der Waals surface area contributed by atoms with E-state index in [1.165, 1.54) is 20.0 Å². The molecule has 1 aliphatic rings. The first kappa shape index (κ1) is 19.4. The van der Waals surface area contributed by atoms with E-state index in [1.807, 2.05) is 0 Å². The zero-order valence-electron chi connectivity index (χ0n) is 14.0. The van der Waals surface area contributed by atoms with Crippen molar-refractivity contribution in [3.05, 3.63) is 0 Å². The van der Waals surface area contributed by atoms with Gasteiger partial charge in [0.05, 0.1) is 12.9 Å². The summed E-state index contributed by atoms with van der Waals surface area (Å²) in [5.74, 6) is -0.351. The highest BCUT2D eigenvalue weighted by atomic mass is 32.2. The molecule has 0 bridgehead atoms. The fraction of sp³-hybridized carbons (Fsp3) is 0.938. The molecule has 0 radical (unpaired) electrons. The lowest BCUT2D eigenvalue weighted by molar-refractivity contribution is -0.149. The molecule has 1 fully saturated rings. The number of carbonyl (C=O) groups excluding carboxylic acids is 1. The molecule has 1 saturated carbocycles. The molecule has 0 aromatic carbocycles. The third kappa shape index (κ3) is 6.24. The summed E-state index contributed by atoms with van der Waals surface area (Å²) < 4.78 is 32.1. The van der Waals surface area contributed by atoms with E-state index >= 15 is 0 Å². The first-order valence-electron chi connectivity index (χ1n) is 8.56. The van der Waals surface area contributed by atoms with Crippen molar-refractivity contribution in [2.45, 2.75) is 83.1 Å². The maximum absolute atomic E-state index is 12.3. The van der Waals surface area contributed by atoms with Crippen molar-refractivity contribution in [1.29, 1.82) is 0 Å². The van der Waals surface area contributed by atoms with E-state index in [1.54, 1.807) is 0 Å². The number of hydrogen-bond donors (Lipinski definition) is 1. The standard InChI is InChI=1S/C16H31NO4S/c1-3-4-5-6-7-11-14-22(19,20)17-16(15(18)21-2)12-9-8-10-13-16/h17H,3-14H2,1-2H3. The molecule has 0 aromatic rings. The Balaban J connectivity index is 2.50. The Morgan fingerprint density at radius 3 is 2.23 bits per heavy atom.